The molecule has 1 aromatic carbocycles. The first-order valence-corrected chi connectivity index (χ1v) is 9.09. The highest BCUT2D eigenvalue weighted by molar-refractivity contribution is 6.31. The first-order chi connectivity index (χ1) is 12.5. The summed E-state index contributed by atoms with van der Waals surface area (Å²) >= 11 is 6.12. The molecule has 2 heterocycles. The Kier molecular flexibility index (Phi) is 5.61. The van der Waals surface area contributed by atoms with Crippen LogP contribution in [0.3, 0.4) is 0 Å². The van der Waals surface area contributed by atoms with Crippen LogP contribution in [0.15, 0.2) is 24.4 Å². The number of benzene rings is 1. The van der Waals surface area contributed by atoms with Crippen molar-refractivity contribution in [3.8, 4) is 5.75 Å². The van der Waals surface area contributed by atoms with Crippen LogP contribution < -0.4 is 15.0 Å². The molecule has 26 heavy (non-hydrogen) atoms. The summed E-state index contributed by atoms with van der Waals surface area (Å²) in [6.07, 6.45) is 3.95. The number of methoxy groups -OCH3 is 1. The van der Waals surface area contributed by atoms with Crippen LogP contribution in [0.4, 0.5) is 11.6 Å². The predicted octanol–water partition coefficient (Wildman–Crippen LogP) is 3.94. The maximum atomic E-state index is 12.7. The highest BCUT2D eigenvalue weighted by atomic mass is 35.5. The van der Waals surface area contributed by atoms with Crippen molar-refractivity contribution in [3.63, 3.8) is 0 Å². The number of aromatic nitrogens is 2. The summed E-state index contributed by atoms with van der Waals surface area (Å²) in [5.41, 5.74) is 1.74. The van der Waals surface area contributed by atoms with Gasteiger partial charge in [0.2, 0.25) is 5.95 Å². The fourth-order valence-corrected chi connectivity index (χ4v) is 3.27. The number of carbonyl (C=O) groups is 1. The molecule has 1 unspecified atom stereocenters. The number of ether oxygens (including phenoxy) is 1. The number of nitrogens with zero attached hydrogens (tertiary/aromatic N) is 3. The predicted molar refractivity (Wildman–Crippen MR) is 103 cm³/mol. The zero-order valence-corrected chi connectivity index (χ0v) is 16.0. The third-order valence-electron chi connectivity index (χ3n) is 4.54. The molecular weight excluding hydrogens is 352 g/mol. The van der Waals surface area contributed by atoms with E-state index in [4.69, 9.17) is 16.3 Å². The van der Waals surface area contributed by atoms with E-state index in [0.717, 1.165) is 25.1 Å². The number of aryl methyl sites for hydroxylation is 1. The number of anilines is 2. The van der Waals surface area contributed by atoms with Crippen LogP contribution in [0, 0.1) is 12.8 Å². The maximum Gasteiger partial charge on any atom is 0.274 e. The largest absolute Gasteiger partial charge is 0.495 e. The summed E-state index contributed by atoms with van der Waals surface area (Å²) in [5.74, 6) is 1.40. The van der Waals surface area contributed by atoms with Gasteiger partial charge in [0.05, 0.1) is 12.8 Å². The normalized spacial score (nSPS) is 17.1. The molecule has 2 aromatic rings. The molecule has 0 radical (unpaired) electrons. The fourth-order valence-electron chi connectivity index (χ4n) is 3.11. The molecule has 1 saturated heterocycles. The van der Waals surface area contributed by atoms with Gasteiger partial charge in [-0.15, -0.1) is 0 Å². The van der Waals surface area contributed by atoms with Gasteiger partial charge < -0.3 is 15.0 Å². The summed E-state index contributed by atoms with van der Waals surface area (Å²) in [5, 5.41) is 3.44. The van der Waals surface area contributed by atoms with E-state index in [2.05, 4.69) is 27.1 Å². The van der Waals surface area contributed by atoms with Crippen LogP contribution in [0.2, 0.25) is 5.02 Å². The Morgan fingerprint density at radius 1 is 1.42 bits per heavy atom. The molecular formula is C19H23ClN4O2. The van der Waals surface area contributed by atoms with E-state index in [0.29, 0.717) is 34.0 Å². The number of piperidine rings is 1. The van der Waals surface area contributed by atoms with Gasteiger partial charge in [0.25, 0.3) is 5.91 Å². The van der Waals surface area contributed by atoms with Crippen LogP contribution in [-0.2, 0) is 0 Å². The van der Waals surface area contributed by atoms with Crippen molar-refractivity contribution >= 4 is 29.1 Å². The first-order valence-electron chi connectivity index (χ1n) is 8.71. The molecule has 7 heteroatoms. The molecule has 1 fully saturated rings. The first kappa shape index (κ1) is 18.5. The van der Waals surface area contributed by atoms with Crippen LogP contribution in [0.25, 0.3) is 0 Å². The smallest absolute Gasteiger partial charge is 0.274 e. The number of amides is 1. The molecule has 6 nitrogen and oxygen atoms in total. The number of hydrogen-bond donors (Lipinski definition) is 1. The third kappa shape index (κ3) is 4.07. The van der Waals surface area contributed by atoms with Crippen LogP contribution in [0.5, 0.6) is 5.75 Å². The van der Waals surface area contributed by atoms with Gasteiger partial charge in [0, 0.05) is 30.4 Å². The van der Waals surface area contributed by atoms with E-state index in [-0.39, 0.29) is 5.91 Å². The van der Waals surface area contributed by atoms with E-state index >= 15 is 0 Å². The second-order valence-corrected chi connectivity index (χ2v) is 7.10. The molecule has 1 aromatic heterocycles. The van der Waals surface area contributed by atoms with Crippen LogP contribution in [0.1, 0.15) is 35.8 Å². The maximum absolute atomic E-state index is 12.7. The van der Waals surface area contributed by atoms with Crippen LogP contribution in [-0.4, -0.2) is 36.1 Å². The van der Waals surface area contributed by atoms with Gasteiger partial charge in [-0.05, 0) is 43.4 Å². The molecule has 3 rings (SSSR count). The van der Waals surface area contributed by atoms with E-state index in [9.17, 15) is 4.79 Å². The Balaban J connectivity index is 1.80. The Morgan fingerprint density at radius 2 is 2.23 bits per heavy atom. The topological polar surface area (TPSA) is 67.3 Å². The van der Waals surface area contributed by atoms with Crippen molar-refractivity contribution in [2.24, 2.45) is 5.92 Å². The second-order valence-electron chi connectivity index (χ2n) is 6.69. The summed E-state index contributed by atoms with van der Waals surface area (Å²) in [6, 6.07) is 5.09. The fraction of sp³-hybridized carbons (Fsp3) is 0.421. The minimum atomic E-state index is -0.307. The second kappa shape index (κ2) is 7.91. The Morgan fingerprint density at radius 3 is 2.96 bits per heavy atom. The van der Waals surface area contributed by atoms with E-state index in [1.165, 1.54) is 13.5 Å². The number of halogens is 1. The van der Waals surface area contributed by atoms with E-state index < -0.39 is 0 Å². The van der Waals surface area contributed by atoms with Crippen molar-refractivity contribution in [1.82, 2.24) is 9.97 Å². The zero-order chi connectivity index (χ0) is 18.7. The average Bonchev–Trinajstić information content (AvgIpc) is 2.64. The number of nitrogens with one attached hydrogen (secondary N) is 1. The monoisotopic (exact) mass is 374 g/mol. The van der Waals surface area contributed by atoms with Gasteiger partial charge >= 0.3 is 0 Å². The molecule has 0 spiro atoms. The van der Waals surface area contributed by atoms with Gasteiger partial charge in [-0.2, -0.15) is 0 Å². The summed E-state index contributed by atoms with van der Waals surface area (Å²) in [4.78, 5) is 23.6. The molecule has 1 amide bonds. The third-order valence-corrected chi connectivity index (χ3v) is 4.95. The lowest BCUT2D eigenvalue weighted by Gasteiger charge is -2.30. The quantitative estimate of drug-likeness (QED) is 0.878. The van der Waals surface area contributed by atoms with Crippen molar-refractivity contribution in [2.45, 2.75) is 26.7 Å². The molecule has 1 atom stereocenters. The summed E-state index contributed by atoms with van der Waals surface area (Å²) in [7, 11) is 1.54. The van der Waals surface area contributed by atoms with Crippen molar-refractivity contribution < 1.29 is 9.53 Å². The standard InChI is InChI=1S/C19H23ClN4O2/c1-12-5-4-8-24(11-12)19-21-7-6-15(23-19)18(25)22-16-9-13(2)14(20)10-17(16)26-3/h6-7,9-10,12H,4-5,8,11H2,1-3H3,(H,22,25). The SMILES string of the molecule is COc1cc(Cl)c(C)cc1NC(=O)c1ccnc(N2CCCC(C)C2)n1. The van der Waals surface area contributed by atoms with E-state index in [1.54, 1.807) is 24.4 Å². The minimum absolute atomic E-state index is 0.307. The zero-order valence-electron chi connectivity index (χ0n) is 15.3. The van der Waals surface area contributed by atoms with Gasteiger partial charge in [-0.25, -0.2) is 9.97 Å². The van der Waals surface area contributed by atoms with Crippen molar-refractivity contribution in [2.75, 3.05) is 30.4 Å². The lowest BCUT2D eigenvalue weighted by Crippen LogP contribution is -2.35. The van der Waals surface area contributed by atoms with Gasteiger partial charge in [0.1, 0.15) is 11.4 Å². The molecule has 1 N–H and O–H groups in total. The average molecular weight is 375 g/mol. The molecule has 0 saturated carbocycles. The number of hydrogen-bond acceptors (Lipinski definition) is 5. The number of rotatable bonds is 4. The highest BCUT2D eigenvalue weighted by Crippen LogP contribution is 2.31. The number of carbonyl (C=O) groups excluding carboxylic acids is 1. The summed E-state index contributed by atoms with van der Waals surface area (Å²) in [6.45, 7) is 5.92. The Hall–Kier alpha value is -2.34. The lowest BCUT2D eigenvalue weighted by atomic mass is 10.0. The van der Waals surface area contributed by atoms with Crippen molar-refractivity contribution in [1.29, 1.82) is 0 Å². The van der Waals surface area contributed by atoms with Gasteiger partial charge in [-0.3, -0.25) is 4.79 Å². The Bertz CT molecular complexity index is 812. The van der Waals surface area contributed by atoms with Crippen LogP contribution >= 0.6 is 11.6 Å². The highest BCUT2D eigenvalue weighted by Gasteiger charge is 2.20. The van der Waals surface area contributed by atoms with E-state index in [1.807, 2.05) is 6.92 Å². The molecule has 138 valence electrons. The molecule has 0 aliphatic carbocycles. The van der Waals surface area contributed by atoms with Crippen molar-refractivity contribution in [3.05, 3.63) is 40.7 Å². The Labute approximate surface area is 158 Å². The molecule has 1 aliphatic heterocycles. The molecule has 1 aliphatic rings. The lowest BCUT2D eigenvalue weighted by molar-refractivity contribution is 0.102. The minimum Gasteiger partial charge on any atom is -0.495 e. The van der Waals surface area contributed by atoms with Gasteiger partial charge in [0.15, 0.2) is 0 Å². The van der Waals surface area contributed by atoms with Gasteiger partial charge in [-0.1, -0.05) is 18.5 Å². The molecule has 0 bridgehead atoms. The summed E-state index contributed by atoms with van der Waals surface area (Å²) < 4.78 is 5.31.